The molecule has 2 aromatic rings. The molecule has 0 unspecified atom stereocenters. The maximum Gasteiger partial charge on any atom is 0.0787 e. The van der Waals surface area contributed by atoms with Crippen molar-refractivity contribution in [1.29, 1.82) is 0 Å². The Bertz CT molecular complexity index is 465. The minimum Gasteiger partial charge on any atom is -0.311 e. The van der Waals surface area contributed by atoms with Crippen LogP contribution in [0.3, 0.4) is 0 Å². The van der Waals surface area contributed by atoms with Gasteiger partial charge in [-0.1, -0.05) is 19.1 Å². The number of benzene rings is 1. The molecule has 0 amide bonds. The summed E-state index contributed by atoms with van der Waals surface area (Å²) >= 11 is 3.52. The Morgan fingerprint density at radius 1 is 1.31 bits per heavy atom. The molecule has 0 atom stereocenters. The number of hydrogen-bond acceptors (Lipinski definition) is 2. The summed E-state index contributed by atoms with van der Waals surface area (Å²) in [6, 6.07) is 10.1. The third-order valence-electron chi connectivity index (χ3n) is 2.30. The van der Waals surface area contributed by atoms with Crippen molar-refractivity contribution in [1.82, 2.24) is 15.1 Å². The van der Waals surface area contributed by atoms with Gasteiger partial charge in [-0.25, -0.2) is 4.68 Å². The predicted molar refractivity (Wildman–Crippen MR) is 68.6 cm³/mol. The van der Waals surface area contributed by atoms with Gasteiger partial charge < -0.3 is 5.32 Å². The number of aromatic nitrogens is 2. The van der Waals surface area contributed by atoms with Gasteiger partial charge >= 0.3 is 0 Å². The van der Waals surface area contributed by atoms with E-state index in [2.05, 4.69) is 33.3 Å². The van der Waals surface area contributed by atoms with Crippen LogP contribution in [0.2, 0.25) is 0 Å². The van der Waals surface area contributed by atoms with Gasteiger partial charge in [0.25, 0.3) is 0 Å². The molecule has 0 saturated heterocycles. The molecule has 1 N–H and O–H groups in total. The zero-order chi connectivity index (χ0) is 11.4. The van der Waals surface area contributed by atoms with E-state index < -0.39 is 0 Å². The minimum atomic E-state index is 0.813. The van der Waals surface area contributed by atoms with Gasteiger partial charge in [-0.2, -0.15) is 5.10 Å². The lowest BCUT2D eigenvalue weighted by Gasteiger charge is -2.03. The molecule has 0 saturated carbocycles. The van der Waals surface area contributed by atoms with E-state index in [1.54, 1.807) is 0 Å². The van der Waals surface area contributed by atoms with Crippen LogP contribution in [0.1, 0.15) is 12.6 Å². The van der Waals surface area contributed by atoms with Crippen LogP contribution >= 0.6 is 15.9 Å². The Morgan fingerprint density at radius 3 is 2.88 bits per heavy atom. The van der Waals surface area contributed by atoms with Crippen molar-refractivity contribution in [2.45, 2.75) is 13.5 Å². The fourth-order valence-electron chi connectivity index (χ4n) is 1.48. The largest absolute Gasteiger partial charge is 0.311 e. The summed E-state index contributed by atoms with van der Waals surface area (Å²) in [5.41, 5.74) is 2.11. The number of nitrogens with zero attached hydrogens (tertiary/aromatic N) is 2. The summed E-state index contributed by atoms with van der Waals surface area (Å²) in [5, 5.41) is 7.76. The third-order valence-corrected chi connectivity index (χ3v) is 2.97. The van der Waals surface area contributed by atoms with Crippen molar-refractivity contribution >= 4 is 15.9 Å². The van der Waals surface area contributed by atoms with Crippen molar-refractivity contribution in [2.75, 3.05) is 6.54 Å². The lowest BCUT2D eigenvalue weighted by atomic mass is 10.3. The molecular weight excluding hydrogens is 266 g/mol. The van der Waals surface area contributed by atoms with E-state index in [0.29, 0.717) is 0 Å². The molecule has 0 aliphatic rings. The van der Waals surface area contributed by atoms with E-state index in [1.165, 1.54) is 0 Å². The Hall–Kier alpha value is -1.13. The van der Waals surface area contributed by atoms with E-state index in [-0.39, 0.29) is 0 Å². The topological polar surface area (TPSA) is 29.9 Å². The molecule has 0 spiro atoms. The van der Waals surface area contributed by atoms with Gasteiger partial charge in [0.05, 0.1) is 11.4 Å². The van der Waals surface area contributed by atoms with Gasteiger partial charge in [-0.05, 0) is 40.7 Å². The molecule has 1 aromatic carbocycles. The number of hydrogen-bond donors (Lipinski definition) is 1. The first-order valence-electron chi connectivity index (χ1n) is 5.31. The van der Waals surface area contributed by atoms with Crippen LogP contribution < -0.4 is 5.32 Å². The van der Waals surface area contributed by atoms with Gasteiger partial charge in [0.2, 0.25) is 0 Å². The molecule has 3 nitrogen and oxygen atoms in total. The van der Waals surface area contributed by atoms with Crippen molar-refractivity contribution in [3.05, 3.63) is 46.7 Å². The molecule has 2 rings (SSSR count). The highest BCUT2D eigenvalue weighted by atomic mass is 79.9. The number of nitrogens with one attached hydrogen (secondary N) is 1. The van der Waals surface area contributed by atoms with Gasteiger partial charge in [-0.15, -0.1) is 0 Å². The molecule has 0 bridgehead atoms. The smallest absolute Gasteiger partial charge is 0.0787 e. The third kappa shape index (κ3) is 2.51. The monoisotopic (exact) mass is 279 g/mol. The lowest BCUT2D eigenvalue weighted by molar-refractivity contribution is 0.696. The number of halogens is 1. The molecule has 16 heavy (non-hydrogen) atoms. The Kier molecular flexibility index (Phi) is 3.74. The van der Waals surface area contributed by atoms with Crippen molar-refractivity contribution in [3.8, 4) is 5.69 Å². The van der Waals surface area contributed by atoms with E-state index in [1.807, 2.05) is 41.2 Å². The summed E-state index contributed by atoms with van der Waals surface area (Å²) in [6.07, 6.45) is 1.98. The molecule has 0 radical (unpaired) electrons. The first-order chi connectivity index (χ1) is 7.81. The fourth-order valence-corrected chi connectivity index (χ4v) is 1.95. The van der Waals surface area contributed by atoms with Crippen molar-refractivity contribution in [2.24, 2.45) is 0 Å². The Morgan fingerprint density at radius 2 is 2.12 bits per heavy atom. The summed E-state index contributed by atoms with van der Waals surface area (Å²) in [7, 11) is 0. The fraction of sp³-hybridized carbons (Fsp3) is 0.250. The molecule has 1 aromatic heterocycles. The highest BCUT2D eigenvalue weighted by Gasteiger charge is 2.03. The van der Waals surface area contributed by atoms with Crippen LogP contribution in [-0.2, 0) is 6.54 Å². The van der Waals surface area contributed by atoms with Gasteiger partial charge in [0.15, 0.2) is 0 Å². The zero-order valence-corrected chi connectivity index (χ0v) is 10.7. The van der Waals surface area contributed by atoms with Crippen LogP contribution in [0, 0.1) is 0 Å². The van der Waals surface area contributed by atoms with E-state index in [0.717, 1.165) is 28.9 Å². The average Bonchev–Trinajstić information content (AvgIpc) is 2.75. The van der Waals surface area contributed by atoms with Crippen molar-refractivity contribution in [3.63, 3.8) is 0 Å². The maximum absolute atomic E-state index is 4.50. The standard InChI is InChI=1S/C12H14BrN3/c1-2-14-9-10-7-8-16(15-10)12-6-4-3-5-11(12)13/h3-8,14H,2,9H2,1H3. The van der Waals surface area contributed by atoms with Crippen LogP contribution in [0.25, 0.3) is 5.69 Å². The summed E-state index contributed by atoms with van der Waals surface area (Å²) < 4.78 is 2.93. The zero-order valence-electron chi connectivity index (χ0n) is 9.15. The minimum absolute atomic E-state index is 0.813. The molecule has 0 fully saturated rings. The summed E-state index contributed by atoms with van der Waals surface area (Å²) in [5.74, 6) is 0. The summed E-state index contributed by atoms with van der Waals surface area (Å²) in [6.45, 7) is 3.86. The maximum atomic E-state index is 4.50. The lowest BCUT2D eigenvalue weighted by Crippen LogP contribution is -2.12. The molecule has 1 heterocycles. The van der Waals surface area contributed by atoms with Gasteiger partial charge in [-0.3, -0.25) is 0 Å². The van der Waals surface area contributed by atoms with E-state index in [9.17, 15) is 0 Å². The number of rotatable bonds is 4. The average molecular weight is 280 g/mol. The molecule has 0 aliphatic heterocycles. The van der Waals surface area contributed by atoms with Crippen LogP contribution in [-0.4, -0.2) is 16.3 Å². The molecule has 4 heteroatoms. The van der Waals surface area contributed by atoms with Gasteiger partial charge in [0.1, 0.15) is 0 Å². The number of para-hydroxylation sites is 1. The predicted octanol–water partition coefficient (Wildman–Crippen LogP) is 2.74. The van der Waals surface area contributed by atoms with Crippen LogP contribution in [0.4, 0.5) is 0 Å². The first kappa shape index (κ1) is 11.4. The normalized spacial score (nSPS) is 10.6. The second-order valence-electron chi connectivity index (χ2n) is 3.48. The second-order valence-corrected chi connectivity index (χ2v) is 4.34. The first-order valence-corrected chi connectivity index (χ1v) is 6.10. The summed E-state index contributed by atoms with van der Waals surface area (Å²) in [4.78, 5) is 0. The van der Waals surface area contributed by atoms with Crippen LogP contribution in [0.5, 0.6) is 0 Å². The molecule has 0 aliphatic carbocycles. The van der Waals surface area contributed by atoms with Crippen molar-refractivity contribution < 1.29 is 0 Å². The second kappa shape index (κ2) is 5.27. The molecular formula is C12H14BrN3. The Labute approximate surface area is 104 Å². The van der Waals surface area contributed by atoms with E-state index in [4.69, 9.17) is 0 Å². The van der Waals surface area contributed by atoms with Crippen LogP contribution in [0.15, 0.2) is 41.0 Å². The highest BCUT2D eigenvalue weighted by Crippen LogP contribution is 2.19. The quantitative estimate of drug-likeness (QED) is 0.933. The Balaban J connectivity index is 2.22. The molecule has 84 valence electrons. The van der Waals surface area contributed by atoms with E-state index >= 15 is 0 Å². The highest BCUT2D eigenvalue weighted by molar-refractivity contribution is 9.10. The van der Waals surface area contributed by atoms with Gasteiger partial charge in [0, 0.05) is 17.2 Å². The SMILES string of the molecule is CCNCc1ccn(-c2ccccc2Br)n1.